The fourth-order valence-electron chi connectivity index (χ4n) is 4.46. The Bertz CT molecular complexity index is 699. The second kappa shape index (κ2) is 9.09. The maximum Gasteiger partial charge on any atom is 0.340 e. The molecule has 7 heteroatoms. The first-order chi connectivity index (χ1) is 13.4. The largest absolute Gasteiger partial charge is 0.459 e. The van der Waals surface area contributed by atoms with E-state index in [2.05, 4.69) is 4.98 Å². The number of carbonyl (C=O) groups excluding carboxylic acids is 2. The summed E-state index contributed by atoms with van der Waals surface area (Å²) < 4.78 is 5.33. The maximum absolute atomic E-state index is 13.0. The van der Waals surface area contributed by atoms with E-state index < -0.39 is 0 Å². The van der Waals surface area contributed by atoms with Crippen molar-refractivity contribution in [2.45, 2.75) is 46.6 Å². The molecule has 0 atom stereocenters. The molecule has 0 spiro atoms. The number of aryl methyl sites for hydroxylation is 1. The molecular weight excluding hydrogens is 356 g/mol. The van der Waals surface area contributed by atoms with Gasteiger partial charge in [-0.2, -0.15) is 0 Å². The third kappa shape index (κ3) is 4.75. The Balaban J connectivity index is 1.57. The number of ether oxygens (including phenoxy) is 1. The van der Waals surface area contributed by atoms with Crippen LogP contribution < -0.4 is 9.80 Å². The van der Waals surface area contributed by atoms with Crippen LogP contribution in [0.4, 0.5) is 0 Å². The van der Waals surface area contributed by atoms with Gasteiger partial charge in [0.1, 0.15) is 18.8 Å². The fourth-order valence-corrected chi connectivity index (χ4v) is 4.46. The van der Waals surface area contributed by atoms with Crippen LogP contribution in [0.25, 0.3) is 0 Å². The van der Waals surface area contributed by atoms with Crippen molar-refractivity contribution in [3.8, 4) is 0 Å². The van der Waals surface area contributed by atoms with Crippen molar-refractivity contribution in [2.75, 3.05) is 52.4 Å². The van der Waals surface area contributed by atoms with E-state index in [1.54, 1.807) is 9.80 Å². The number of piperazine rings is 1. The molecular formula is C21H36N4O3+2. The first-order valence-electron chi connectivity index (χ1n) is 10.7. The lowest BCUT2D eigenvalue weighted by molar-refractivity contribution is -0.954. The van der Waals surface area contributed by atoms with Crippen LogP contribution >= 0.6 is 0 Å². The molecule has 3 heterocycles. The molecule has 0 saturated carbocycles. The molecule has 2 fully saturated rings. The van der Waals surface area contributed by atoms with E-state index >= 15 is 0 Å². The molecule has 1 aromatic heterocycles. The third-order valence-electron chi connectivity index (χ3n) is 6.10. The highest BCUT2D eigenvalue weighted by molar-refractivity contribution is 6.00. The smallest absolute Gasteiger partial charge is 0.340 e. The fraction of sp³-hybridized carbons (Fsp3) is 0.714. The number of hydrogen-bond donors (Lipinski definition) is 3. The number of hydrogen-bond acceptors (Lipinski definition) is 3. The Hall–Kier alpha value is -1.86. The number of nitrogens with zero attached hydrogens (tertiary/aromatic N) is 1. The SMILES string of the molecule is Cc1[nH]c(C(=O)N2CC[NH+](CC[NH+]3CCCC3)CC2)c(C)c1C(=O)OC(C)C. The quantitative estimate of drug-likeness (QED) is 0.556. The highest BCUT2D eigenvalue weighted by atomic mass is 16.5. The van der Waals surface area contributed by atoms with Gasteiger partial charge >= 0.3 is 5.97 Å². The number of esters is 1. The van der Waals surface area contributed by atoms with E-state index in [1.165, 1.54) is 39.0 Å². The molecule has 2 aliphatic rings. The van der Waals surface area contributed by atoms with E-state index in [0.29, 0.717) is 22.5 Å². The predicted octanol–water partition coefficient (Wildman–Crippen LogP) is -0.784. The summed E-state index contributed by atoms with van der Waals surface area (Å²) in [5.74, 6) is -0.368. The number of rotatable bonds is 6. The van der Waals surface area contributed by atoms with Gasteiger partial charge in [0.25, 0.3) is 5.91 Å². The van der Waals surface area contributed by atoms with E-state index in [-0.39, 0.29) is 18.0 Å². The lowest BCUT2D eigenvalue weighted by atomic mass is 10.1. The number of quaternary nitrogens is 2. The summed E-state index contributed by atoms with van der Waals surface area (Å²) in [6, 6.07) is 0. The summed E-state index contributed by atoms with van der Waals surface area (Å²) in [5.41, 5.74) is 2.41. The Morgan fingerprint density at radius 3 is 2.18 bits per heavy atom. The van der Waals surface area contributed by atoms with Crippen molar-refractivity contribution in [3.63, 3.8) is 0 Å². The summed E-state index contributed by atoms with van der Waals surface area (Å²) in [6.07, 6.45) is 2.56. The Kier molecular flexibility index (Phi) is 6.78. The van der Waals surface area contributed by atoms with Crippen molar-refractivity contribution >= 4 is 11.9 Å². The molecule has 1 amide bonds. The monoisotopic (exact) mass is 392 g/mol. The maximum atomic E-state index is 13.0. The van der Waals surface area contributed by atoms with E-state index in [4.69, 9.17) is 4.74 Å². The highest BCUT2D eigenvalue weighted by Gasteiger charge is 2.30. The first kappa shape index (κ1) is 20.9. The summed E-state index contributed by atoms with van der Waals surface area (Å²) in [5, 5.41) is 0. The van der Waals surface area contributed by atoms with Gasteiger partial charge in [-0.05, 0) is 33.3 Å². The number of nitrogens with one attached hydrogen (secondary N) is 3. The number of likely N-dealkylation sites (tertiary alicyclic amines) is 1. The Morgan fingerprint density at radius 2 is 1.61 bits per heavy atom. The van der Waals surface area contributed by atoms with Gasteiger partial charge in [0.05, 0.1) is 50.9 Å². The standard InChI is InChI=1S/C21H34N4O3/c1-15(2)28-21(27)18-16(3)19(22-17(18)4)20(26)25-13-11-24(12-14-25)10-9-23-7-5-6-8-23/h15,22H,5-14H2,1-4H3/p+2. The van der Waals surface area contributed by atoms with Crippen LogP contribution in [0.1, 0.15) is 58.8 Å². The van der Waals surface area contributed by atoms with E-state index in [9.17, 15) is 9.59 Å². The van der Waals surface area contributed by atoms with Crippen LogP contribution in [-0.2, 0) is 4.74 Å². The van der Waals surface area contributed by atoms with Gasteiger partial charge in [-0.1, -0.05) is 0 Å². The van der Waals surface area contributed by atoms with Gasteiger partial charge in [0.2, 0.25) is 0 Å². The minimum atomic E-state index is -0.362. The zero-order chi connectivity index (χ0) is 20.3. The predicted molar refractivity (Wildman–Crippen MR) is 107 cm³/mol. The minimum absolute atomic E-state index is 0.00610. The number of aromatic nitrogens is 1. The molecule has 28 heavy (non-hydrogen) atoms. The zero-order valence-corrected chi connectivity index (χ0v) is 17.8. The third-order valence-corrected chi connectivity index (χ3v) is 6.10. The molecule has 0 aromatic carbocycles. The van der Waals surface area contributed by atoms with Gasteiger partial charge in [0.15, 0.2) is 0 Å². The molecule has 0 unspecified atom stereocenters. The average Bonchev–Trinajstić information content (AvgIpc) is 3.27. The first-order valence-corrected chi connectivity index (χ1v) is 10.7. The Morgan fingerprint density at radius 1 is 1.04 bits per heavy atom. The van der Waals surface area contributed by atoms with Crippen molar-refractivity contribution in [1.29, 1.82) is 0 Å². The number of H-pyrrole nitrogens is 1. The van der Waals surface area contributed by atoms with Gasteiger partial charge in [-0.3, -0.25) is 4.79 Å². The molecule has 3 N–H and O–H groups in total. The average molecular weight is 393 g/mol. The highest BCUT2D eigenvalue weighted by Crippen LogP contribution is 2.21. The van der Waals surface area contributed by atoms with Gasteiger partial charge < -0.3 is 24.4 Å². The van der Waals surface area contributed by atoms with Crippen LogP contribution in [0.2, 0.25) is 0 Å². The second-order valence-electron chi connectivity index (χ2n) is 8.58. The van der Waals surface area contributed by atoms with Crippen molar-refractivity contribution in [3.05, 3.63) is 22.5 Å². The number of amides is 1. The van der Waals surface area contributed by atoms with Crippen LogP contribution in [0, 0.1) is 13.8 Å². The molecule has 0 radical (unpaired) electrons. The number of carbonyl (C=O) groups is 2. The van der Waals surface area contributed by atoms with Gasteiger partial charge in [-0.15, -0.1) is 0 Å². The molecule has 2 saturated heterocycles. The lowest BCUT2D eigenvalue weighted by Gasteiger charge is -2.32. The van der Waals surface area contributed by atoms with Crippen LogP contribution in [-0.4, -0.2) is 80.2 Å². The summed E-state index contributed by atoms with van der Waals surface area (Å²) in [4.78, 5) is 33.8. The van der Waals surface area contributed by atoms with Crippen LogP contribution in [0.3, 0.4) is 0 Å². The second-order valence-corrected chi connectivity index (χ2v) is 8.58. The van der Waals surface area contributed by atoms with Crippen molar-refractivity contribution in [2.24, 2.45) is 0 Å². The van der Waals surface area contributed by atoms with Gasteiger partial charge in [-0.25, -0.2) is 4.79 Å². The van der Waals surface area contributed by atoms with E-state index in [0.717, 1.165) is 26.2 Å². The molecule has 156 valence electrons. The van der Waals surface area contributed by atoms with E-state index in [1.807, 2.05) is 32.6 Å². The molecule has 0 aliphatic carbocycles. The lowest BCUT2D eigenvalue weighted by Crippen LogP contribution is -3.21. The van der Waals surface area contributed by atoms with Crippen molar-refractivity contribution in [1.82, 2.24) is 9.88 Å². The normalized spacial score (nSPS) is 18.8. The minimum Gasteiger partial charge on any atom is -0.459 e. The molecule has 1 aromatic rings. The van der Waals surface area contributed by atoms with Crippen LogP contribution in [0.5, 0.6) is 0 Å². The van der Waals surface area contributed by atoms with Crippen LogP contribution in [0.15, 0.2) is 0 Å². The zero-order valence-electron chi connectivity index (χ0n) is 17.8. The van der Waals surface area contributed by atoms with Crippen molar-refractivity contribution < 1.29 is 24.1 Å². The topological polar surface area (TPSA) is 71.3 Å². The summed E-state index contributed by atoms with van der Waals surface area (Å²) in [7, 11) is 0. The summed E-state index contributed by atoms with van der Waals surface area (Å²) >= 11 is 0. The summed E-state index contributed by atoms with van der Waals surface area (Å²) in [6.45, 7) is 15.9. The molecule has 3 rings (SSSR count). The molecule has 2 aliphatic heterocycles. The van der Waals surface area contributed by atoms with Gasteiger partial charge in [0, 0.05) is 18.5 Å². The molecule has 7 nitrogen and oxygen atoms in total. The Labute approximate surface area is 168 Å². The molecule has 0 bridgehead atoms. The number of aromatic amines is 1.